The third-order valence-corrected chi connectivity index (χ3v) is 5.10. The summed E-state index contributed by atoms with van der Waals surface area (Å²) in [6, 6.07) is 17.1. The monoisotopic (exact) mass is 416 g/mol. The Morgan fingerprint density at radius 1 is 1.19 bits per heavy atom. The summed E-state index contributed by atoms with van der Waals surface area (Å²) < 4.78 is 6.49. The minimum atomic E-state index is -0.323. The second-order valence-corrected chi connectivity index (χ2v) is 7.13. The van der Waals surface area contributed by atoms with Gasteiger partial charge in [-0.05, 0) is 40.2 Å². The van der Waals surface area contributed by atoms with Gasteiger partial charge in [0.2, 0.25) is 11.8 Å². The lowest BCUT2D eigenvalue weighted by atomic mass is 10.1. The van der Waals surface area contributed by atoms with Crippen molar-refractivity contribution >= 4 is 33.4 Å². The molecule has 6 heteroatoms. The molecule has 0 radical (unpaired) electrons. The number of carbonyl (C=O) groups excluding carboxylic acids is 2. The number of hydrogen-bond donors (Lipinski definition) is 0. The zero-order valence-corrected chi connectivity index (χ0v) is 16.2. The van der Waals surface area contributed by atoms with Crippen molar-refractivity contribution in [3.05, 3.63) is 59.1 Å². The SMILES string of the molecule is CN(CCOc1ccccc1)C(=O)C1CC(=O)N(c2ccccc2Br)C1. The predicted octanol–water partition coefficient (Wildman–Crippen LogP) is 3.34. The maximum Gasteiger partial charge on any atom is 0.227 e. The molecular formula is C20H21BrN2O3. The predicted molar refractivity (Wildman–Crippen MR) is 104 cm³/mol. The van der Waals surface area contributed by atoms with Gasteiger partial charge in [0, 0.05) is 24.5 Å². The lowest BCUT2D eigenvalue weighted by molar-refractivity contribution is -0.134. The molecule has 0 bridgehead atoms. The van der Waals surface area contributed by atoms with Crippen molar-refractivity contribution in [1.29, 1.82) is 0 Å². The van der Waals surface area contributed by atoms with E-state index >= 15 is 0 Å². The first-order valence-electron chi connectivity index (χ1n) is 8.54. The quantitative estimate of drug-likeness (QED) is 0.725. The lowest BCUT2D eigenvalue weighted by Gasteiger charge is -2.22. The summed E-state index contributed by atoms with van der Waals surface area (Å²) in [4.78, 5) is 28.4. The molecule has 136 valence electrons. The molecule has 0 N–H and O–H groups in total. The summed E-state index contributed by atoms with van der Waals surface area (Å²) in [6.07, 6.45) is 0.240. The second kappa shape index (κ2) is 8.36. The van der Waals surface area contributed by atoms with Crippen LogP contribution in [0.2, 0.25) is 0 Å². The number of carbonyl (C=O) groups is 2. The maximum absolute atomic E-state index is 12.7. The number of para-hydroxylation sites is 2. The van der Waals surface area contributed by atoms with E-state index in [-0.39, 0.29) is 24.2 Å². The van der Waals surface area contributed by atoms with Crippen molar-refractivity contribution in [2.75, 3.05) is 31.6 Å². The van der Waals surface area contributed by atoms with Gasteiger partial charge in [0.1, 0.15) is 12.4 Å². The highest BCUT2D eigenvalue weighted by Gasteiger charge is 2.36. The first-order valence-corrected chi connectivity index (χ1v) is 9.33. The zero-order valence-electron chi connectivity index (χ0n) is 14.6. The fourth-order valence-electron chi connectivity index (χ4n) is 3.02. The van der Waals surface area contributed by atoms with Gasteiger partial charge >= 0.3 is 0 Å². The third-order valence-electron chi connectivity index (χ3n) is 4.43. The molecule has 0 spiro atoms. The highest BCUT2D eigenvalue weighted by atomic mass is 79.9. The average molecular weight is 417 g/mol. The number of benzene rings is 2. The van der Waals surface area contributed by atoms with Crippen LogP contribution in [0, 0.1) is 5.92 Å². The van der Waals surface area contributed by atoms with Crippen LogP contribution in [0.5, 0.6) is 5.75 Å². The Kier molecular flexibility index (Phi) is 5.93. The van der Waals surface area contributed by atoms with Crippen molar-refractivity contribution in [1.82, 2.24) is 4.90 Å². The van der Waals surface area contributed by atoms with E-state index in [9.17, 15) is 9.59 Å². The molecule has 3 rings (SSSR count). The van der Waals surface area contributed by atoms with E-state index in [0.29, 0.717) is 19.7 Å². The highest BCUT2D eigenvalue weighted by Crippen LogP contribution is 2.31. The summed E-state index contributed by atoms with van der Waals surface area (Å²) >= 11 is 3.47. The molecule has 2 aromatic carbocycles. The van der Waals surface area contributed by atoms with Crippen molar-refractivity contribution in [3.63, 3.8) is 0 Å². The largest absolute Gasteiger partial charge is 0.492 e. The van der Waals surface area contributed by atoms with Gasteiger partial charge in [-0.2, -0.15) is 0 Å². The molecule has 2 aromatic rings. The van der Waals surface area contributed by atoms with Crippen LogP contribution in [0.25, 0.3) is 0 Å². The van der Waals surface area contributed by atoms with Crippen molar-refractivity contribution < 1.29 is 14.3 Å². The van der Waals surface area contributed by atoms with Crippen LogP contribution in [0.4, 0.5) is 5.69 Å². The molecule has 0 saturated carbocycles. The van der Waals surface area contributed by atoms with Crippen molar-refractivity contribution in [2.24, 2.45) is 5.92 Å². The summed E-state index contributed by atoms with van der Waals surface area (Å²) in [5.41, 5.74) is 0.808. The fraction of sp³-hybridized carbons (Fsp3) is 0.300. The minimum absolute atomic E-state index is 0.0236. The third kappa shape index (κ3) is 4.25. The first kappa shape index (κ1) is 18.5. The number of hydrogen-bond acceptors (Lipinski definition) is 3. The summed E-state index contributed by atoms with van der Waals surface area (Å²) in [7, 11) is 1.75. The molecule has 0 aromatic heterocycles. The Morgan fingerprint density at radius 2 is 1.88 bits per heavy atom. The molecule has 1 saturated heterocycles. The molecule has 1 fully saturated rings. The molecule has 1 atom stereocenters. The van der Waals surface area contributed by atoms with E-state index < -0.39 is 0 Å². The van der Waals surface area contributed by atoms with Crippen LogP contribution in [0.3, 0.4) is 0 Å². The van der Waals surface area contributed by atoms with Gasteiger partial charge in [-0.3, -0.25) is 9.59 Å². The topological polar surface area (TPSA) is 49.9 Å². The van der Waals surface area contributed by atoms with Gasteiger partial charge in [0.15, 0.2) is 0 Å². The standard InChI is InChI=1S/C20H21BrN2O3/c1-22(11-12-26-16-7-3-2-4-8-16)20(25)15-13-19(24)23(14-15)18-10-6-5-9-17(18)21/h2-10,15H,11-14H2,1H3. The Morgan fingerprint density at radius 3 is 2.62 bits per heavy atom. The second-order valence-electron chi connectivity index (χ2n) is 6.28. The maximum atomic E-state index is 12.7. The van der Waals surface area contributed by atoms with Gasteiger partial charge < -0.3 is 14.5 Å². The number of anilines is 1. The van der Waals surface area contributed by atoms with Gasteiger partial charge in [0.05, 0.1) is 18.2 Å². The molecule has 2 amide bonds. The zero-order chi connectivity index (χ0) is 18.5. The van der Waals surface area contributed by atoms with E-state index in [1.165, 1.54) is 0 Å². The number of nitrogens with zero attached hydrogens (tertiary/aromatic N) is 2. The van der Waals surface area contributed by atoms with E-state index in [1.54, 1.807) is 16.8 Å². The molecular weight excluding hydrogens is 396 g/mol. The Hall–Kier alpha value is -2.34. The van der Waals surface area contributed by atoms with Crippen molar-refractivity contribution in [2.45, 2.75) is 6.42 Å². The number of ether oxygens (including phenoxy) is 1. The molecule has 1 aliphatic heterocycles. The van der Waals surface area contributed by atoms with Crippen LogP contribution < -0.4 is 9.64 Å². The lowest BCUT2D eigenvalue weighted by Crippen LogP contribution is -2.37. The fourth-order valence-corrected chi connectivity index (χ4v) is 3.51. The van der Waals surface area contributed by atoms with E-state index in [4.69, 9.17) is 4.74 Å². The van der Waals surface area contributed by atoms with E-state index in [2.05, 4.69) is 15.9 Å². The number of amides is 2. The van der Waals surface area contributed by atoms with Crippen LogP contribution in [-0.4, -0.2) is 43.5 Å². The van der Waals surface area contributed by atoms with Crippen LogP contribution in [-0.2, 0) is 9.59 Å². The van der Waals surface area contributed by atoms with Crippen LogP contribution in [0.15, 0.2) is 59.1 Å². The minimum Gasteiger partial charge on any atom is -0.492 e. The Labute approximate surface area is 161 Å². The van der Waals surface area contributed by atoms with Gasteiger partial charge in [-0.25, -0.2) is 0 Å². The Bertz CT molecular complexity index is 782. The number of halogens is 1. The van der Waals surface area contributed by atoms with Crippen molar-refractivity contribution in [3.8, 4) is 5.75 Å². The Balaban J connectivity index is 1.55. The van der Waals surface area contributed by atoms with Gasteiger partial charge in [-0.15, -0.1) is 0 Å². The summed E-state index contributed by atoms with van der Waals surface area (Å²) in [5, 5.41) is 0. The number of likely N-dealkylation sites (N-methyl/N-ethyl adjacent to an activating group) is 1. The summed E-state index contributed by atoms with van der Waals surface area (Å²) in [5.74, 6) is 0.412. The summed E-state index contributed by atoms with van der Waals surface area (Å²) in [6.45, 7) is 1.30. The normalized spacial score (nSPS) is 16.6. The molecule has 1 heterocycles. The highest BCUT2D eigenvalue weighted by molar-refractivity contribution is 9.10. The molecule has 0 aliphatic carbocycles. The molecule has 26 heavy (non-hydrogen) atoms. The smallest absolute Gasteiger partial charge is 0.227 e. The van der Waals surface area contributed by atoms with Crippen LogP contribution >= 0.6 is 15.9 Å². The van der Waals surface area contributed by atoms with Gasteiger partial charge in [-0.1, -0.05) is 30.3 Å². The average Bonchev–Trinajstić information content (AvgIpc) is 3.04. The molecule has 1 unspecified atom stereocenters. The van der Waals surface area contributed by atoms with Gasteiger partial charge in [0.25, 0.3) is 0 Å². The number of rotatable bonds is 6. The van der Waals surface area contributed by atoms with E-state index in [0.717, 1.165) is 15.9 Å². The van der Waals surface area contributed by atoms with Crippen LogP contribution in [0.1, 0.15) is 6.42 Å². The first-order chi connectivity index (χ1) is 12.6. The van der Waals surface area contributed by atoms with E-state index in [1.807, 2.05) is 54.6 Å². The molecule has 1 aliphatic rings. The molecule has 5 nitrogen and oxygen atoms in total.